The minimum absolute atomic E-state index is 0.830. The Bertz CT molecular complexity index is 911. The molecule has 0 amide bonds. The summed E-state index contributed by atoms with van der Waals surface area (Å²) in [4.78, 5) is 5.11. The molecule has 0 unspecified atom stereocenters. The van der Waals surface area contributed by atoms with E-state index in [4.69, 9.17) is 4.37 Å². The minimum atomic E-state index is 0.830. The molecule has 0 N–H and O–H groups in total. The van der Waals surface area contributed by atoms with Gasteiger partial charge in [-0.15, -0.1) is 0 Å². The first-order chi connectivity index (χ1) is 13.4. The van der Waals surface area contributed by atoms with Crippen LogP contribution >= 0.6 is 11.5 Å². The van der Waals surface area contributed by atoms with Gasteiger partial charge in [-0.25, -0.2) is 0 Å². The summed E-state index contributed by atoms with van der Waals surface area (Å²) in [5, 5.41) is 1.32. The highest BCUT2D eigenvalue weighted by atomic mass is 32.1. The van der Waals surface area contributed by atoms with Crippen LogP contribution in [0.25, 0.3) is 10.1 Å². The van der Waals surface area contributed by atoms with Gasteiger partial charge in [-0.3, -0.25) is 4.90 Å². The van der Waals surface area contributed by atoms with Crippen LogP contribution in [-0.2, 0) is 6.42 Å². The molecule has 3 nitrogen and oxygen atoms in total. The molecule has 0 spiro atoms. The van der Waals surface area contributed by atoms with Crippen LogP contribution in [0.1, 0.15) is 36.3 Å². The Balaban J connectivity index is 1.06. The number of unbranched alkanes of at least 4 members (excludes halogenated alkanes) is 1. The van der Waals surface area contributed by atoms with E-state index < -0.39 is 0 Å². The van der Waals surface area contributed by atoms with E-state index in [0.717, 1.165) is 32.1 Å². The summed E-state index contributed by atoms with van der Waals surface area (Å²) in [7, 11) is 0. The molecule has 1 aliphatic heterocycles. The second-order valence-electron chi connectivity index (χ2n) is 7.93. The second-order valence-corrected chi connectivity index (χ2v) is 8.73. The summed E-state index contributed by atoms with van der Waals surface area (Å²) in [6.45, 7) is 5.78. The van der Waals surface area contributed by atoms with E-state index in [2.05, 4.69) is 58.3 Å². The average molecular weight is 378 g/mol. The van der Waals surface area contributed by atoms with Gasteiger partial charge in [-0.2, -0.15) is 4.37 Å². The van der Waals surface area contributed by atoms with Gasteiger partial charge in [0.05, 0.1) is 4.70 Å². The lowest BCUT2D eigenvalue weighted by Gasteiger charge is -2.35. The SMILES string of the molecule is c1ccc2c(c1)C[C@H]2CCCCN1CCN(c2nsc3ccccc23)CC1. The molecule has 1 aliphatic carbocycles. The van der Waals surface area contributed by atoms with E-state index in [1.165, 1.54) is 48.1 Å². The van der Waals surface area contributed by atoms with Gasteiger partial charge in [-0.1, -0.05) is 42.8 Å². The van der Waals surface area contributed by atoms with E-state index >= 15 is 0 Å². The molecule has 2 heterocycles. The number of hydrogen-bond donors (Lipinski definition) is 0. The van der Waals surface area contributed by atoms with E-state index in [1.807, 2.05) is 0 Å². The molecular formula is C23H27N3S. The summed E-state index contributed by atoms with van der Waals surface area (Å²) in [6, 6.07) is 17.6. The van der Waals surface area contributed by atoms with Gasteiger partial charge in [0, 0.05) is 31.6 Å². The first-order valence-electron chi connectivity index (χ1n) is 10.3. The molecule has 27 heavy (non-hydrogen) atoms. The number of rotatable bonds is 6. The van der Waals surface area contributed by atoms with Crippen molar-refractivity contribution in [2.45, 2.75) is 31.6 Å². The quantitative estimate of drug-likeness (QED) is 0.568. The summed E-state index contributed by atoms with van der Waals surface area (Å²) < 4.78 is 6.02. The molecule has 1 atom stereocenters. The Morgan fingerprint density at radius 1 is 0.926 bits per heavy atom. The predicted molar refractivity (Wildman–Crippen MR) is 115 cm³/mol. The Hall–Kier alpha value is -1.91. The van der Waals surface area contributed by atoms with Gasteiger partial charge in [0.2, 0.25) is 0 Å². The maximum atomic E-state index is 4.72. The first kappa shape index (κ1) is 17.2. The standard InChI is InChI=1S/C23H27N3S/c1-2-9-20-18(7-1)17-19(20)8-5-6-12-25-13-15-26(16-14-25)23-21-10-3-4-11-22(21)27-24-23/h1-4,7,9-11,19H,5-6,8,12-17H2/t19-/m1/s1. The monoisotopic (exact) mass is 377 g/mol. The Morgan fingerprint density at radius 2 is 1.74 bits per heavy atom. The van der Waals surface area contributed by atoms with Crippen LogP contribution in [-0.4, -0.2) is 42.0 Å². The number of piperazine rings is 1. The van der Waals surface area contributed by atoms with Crippen LogP contribution < -0.4 is 4.90 Å². The van der Waals surface area contributed by atoms with Crippen LogP contribution in [0.3, 0.4) is 0 Å². The van der Waals surface area contributed by atoms with Crippen molar-refractivity contribution in [1.29, 1.82) is 0 Å². The van der Waals surface area contributed by atoms with Crippen molar-refractivity contribution in [2.24, 2.45) is 0 Å². The van der Waals surface area contributed by atoms with Crippen molar-refractivity contribution in [1.82, 2.24) is 9.27 Å². The van der Waals surface area contributed by atoms with E-state index in [-0.39, 0.29) is 0 Å². The highest BCUT2D eigenvalue weighted by Gasteiger charge is 2.25. The van der Waals surface area contributed by atoms with Gasteiger partial charge < -0.3 is 4.90 Å². The molecule has 0 saturated carbocycles. The van der Waals surface area contributed by atoms with Crippen molar-refractivity contribution in [3.63, 3.8) is 0 Å². The number of anilines is 1. The molecule has 140 valence electrons. The van der Waals surface area contributed by atoms with Gasteiger partial charge in [0.25, 0.3) is 0 Å². The smallest absolute Gasteiger partial charge is 0.150 e. The molecule has 1 aromatic heterocycles. The van der Waals surface area contributed by atoms with Crippen molar-refractivity contribution >= 4 is 27.4 Å². The normalized spacial score (nSPS) is 19.9. The van der Waals surface area contributed by atoms with Crippen molar-refractivity contribution in [3.05, 3.63) is 59.7 Å². The number of fused-ring (bicyclic) bond motifs is 2. The third-order valence-electron chi connectivity index (χ3n) is 6.27. The van der Waals surface area contributed by atoms with Crippen LogP contribution in [0.2, 0.25) is 0 Å². The zero-order valence-corrected chi connectivity index (χ0v) is 16.6. The van der Waals surface area contributed by atoms with Crippen molar-refractivity contribution < 1.29 is 0 Å². The third-order valence-corrected chi connectivity index (χ3v) is 7.09. The van der Waals surface area contributed by atoms with Gasteiger partial charge in [-0.05, 0) is 66.5 Å². The van der Waals surface area contributed by atoms with Gasteiger partial charge >= 0.3 is 0 Å². The summed E-state index contributed by atoms with van der Waals surface area (Å²) in [6.07, 6.45) is 5.35. The van der Waals surface area contributed by atoms with Crippen molar-refractivity contribution in [3.8, 4) is 0 Å². The fraction of sp³-hybridized carbons (Fsp3) is 0.435. The topological polar surface area (TPSA) is 19.4 Å². The number of aromatic nitrogens is 1. The molecule has 5 rings (SSSR count). The largest absolute Gasteiger partial charge is 0.353 e. The van der Waals surface area contributed by atoms with Crippen molar-refractivity contribution in [2.75, 3.05) is 37.6 Å². The zero-order valence-electron chi connectivity index (χ0n) is 15.8. The highest BCUT2D eigenvalue weighted by molar-refractivity contribution is 7.13. The van der Waals surface area contributed by atoms with Crippen LogP contribution in [0.15, 0.2) is 48.5 Å². The predicted octanol–water partition coefficient (Wildman–Crippen LogP) is 4.93. The first-order valence-corrected chi connectivity index (χ1v) is 11.1. The van der Waals surface area contributed by atoms with E-state index in [9.17, 15) is 0 Å². The lowest BCUT2D eigenvalue weighted by Crippen LogP contribution is -2.46. The third kappa shape index (κ3) is 3.48. The molecule has 2 aromatic carbocycles. The molecule has 4 heteroatoms. The van der Waals surface area contributed by atoms with Gasteiger partial charge in [0.1, 0.15) is 5.82 Å². The highest BCUT2D eigenvalue weighted by Crippen LogP contribution is 2.38. The molecule has 0 bridgehead atoms. The Morgan fingerprint density at radius 3 is 2.63 bits per heavy atom. The maximum absolute atomic E-state index is 4.72. The van der Waals surface area contributed by atoms with E-state index in [1.54, 1.807) is 22.7 Å². The van der Waals surface area contributed by atoms with Crippen LogP contribution in [0, 0.1) is 0 Å². The lowest BCUT2D eigenvalue weighted by atomic mass is 9.75. The van der Waals surface area contributed by atoms with Crippen LogP contribution in [0.4, 0.5) is 5.82 Å². The van der Waals surface area contributed by atoms with Gasteiger partial charge in [0.15, 0.2) is 0 Å². The average Bonchev–Trinajstić information content (AvgIpc) is 3.13. The number of benzene rings is 2. The molecule has 1 fully saturated rings. The zero-order chi connectivity index (χ0) is 18.1. The van der Waals surface area contributed by atoms with E-state index in [0.29, 0.717) is 0 Å². The minimum Gasteiger partial charge on any atom is -0.353 e. The Labute approximate surface area is 165 Å². The summed E-state index contributed by atoms with van der Waals surface area (Å²) in [5.41, 5.74) is 3.19. The summed E-state index contributed by atoms with van der Waals surface area (Å²) >= 11 is 1.63. The molecule has 3 aromatic rings. The molecule has 0 radical (unpaired) electrons. The molecule has 1 saturated heterocycles. The fourth-order valence-corrected chi connectivity index (χ4v) is 5.43. The maximum Gasteiger partial charge on any atom is 0.150 e. The number of nitrogens with zero attached hydrogens (tertiary/aromatic N) is 3. The number of hydrogen-bond acceptors (Lipinski definition) is 4. The Kier molecular flexibility index (Phi) is 4.85. The summed E-state index contributed by atoms with van der Waals surface area (Å²) in [5.74, 6) is 2.02. The van der Waals surface area contributed by atoms with Crippen LogP contribution in [0.5, 0.6) is 0 Å². The molecule has 2 aliphatic rings. The molecular weight excluding hydrogens is 350 g/mol. The second kappa shape index (κ2) is 7.61. The lowest BCUT2D eigenvalue weighted by molar-refractivity contribution is 0.250. The fourth-order valence-electron chi connectivity index (χ4n) is 4.63.